The monoisotopic (exact) mass is 308 g/mol. The van der Waals surface area contributed by atoms with Crippen molar-refractivity contribution in [3.8, 4) is 0 Å². The fourth-order valence-electron chi connectivity index (χ4n) is 1.76. The fourth-order valence-corrected chi connectivity index (χ4v) is 2.57. The minimum Gasteiger partial charge on any atom is -0.399 e. The van der Waals surface area contributed by atoms with E-state index in [1.807, 2.05) is 19.1 Å². The summed E-state index contributed by atoms with van der Waals surface area (Å²) in [5.41, 5.74) is 7.11. The van der Waals surface area contributed by atoms with Crippen LogP contribution in [0, 0.1) is 18.6 Å². The second kappa shape index (κ2) is 6.58. The molecule has 1 amide bonds. The van der Waals surface area contributed by atoms with Crippen LogP contribution in [0.5, 0.6) is 0 Å². The zero-order chi connectivity index (χ0) is 15.4. The Bertz CT molecular complexity index is 677. The summed E-state index contributed by atoms with van der Waals surface area (Å²) in [7, 11) is 0. The van der Waals surface area contributed by atoms with Crippen LogP contribution >= 0.6 is 11.8 Å². The van der Waals surface area contributed by atoms with E-state index in [1.54, 1.807) is 6.07 Å². The lowest BCUT2D eigenvalue weighted by molar-refractivity contribution is -0.113. The van der Waals surface area contributed by atoms with Gasteiger partial charge in [-0.25, -0.2) is 8.78 Å². The first-order valence-electron chi connectivity index (χ1n) is 6.19. The molecule has 3 nitrogen and oxygen atoms in total. The van der Waals surface area contributed by atoms with Crippen LogP contribution in [0.2, 0.25) is 0 Å². The molecule has 0 atom stereocenters. The van der Waals surface area contributed by atoms with Gasteiger partial charge in [0.25, 0.3) is 0 Å². The molecule has 0 aliphatic heterocycles. The number of thioether (sulfide) groups is 1. The van der Waals surface area contributed by atoms with Crippen molar-refractivity contribution >= 4 is 29.0 Å². The normalized spacial score (nSPS) is 10.4. The van der Waals surface area contributed by atoms with Crippen LogP contribution < -0.4 is 11.1 Å². The average Bonchev–Trinajstić information content (AvgIpc) is 2.42. The van der Waals surface area contributed by atoms with Gasteiger partial charge < -0.3 is 11.1 Å². The molecule has 0 radical (unpaired) electrons. The predicted molar refractivity (Wildman–Crippen MR) is 81.3 cm³/mol. The number of hydrogen-bond donors (Lipinski definition) is 2. The molecule has 0 heterocycles. The van der Waals surface area contributed by atoms with Gasteiger partial charge >= 0.3 is 0 Å². The van der Waals surface area contributed by atoms with Crippen molar-refractivity contribution in [2.75, 3.05) is 16.8 Å². The van der Waals surface area contributed by atoms with E-state index in [9.17, 15) is 13.6 Å². The summed E-state index contributed by atoms with van der Waals surface area (Å²) in [6.45, 7) is 1.89. The van der Waals surface area contributed by atoms with E-state index in [-0.39, 0.29) is 11.4 Å². The van der Waals surface area contributed by atoms with E-state index < -0.39 is 17.5 Å². The second-order valence-electron chi connectivity index (χ2n) is 4.49. The maximum atomic E-state index is 13.4. The molecule has 0 aliphatic rings. The first kappa shape index (κ1) is 15.3. The van der Waals surface area contributed by atoms with Crippen LogP contribution in [-0.2, 0) is 4.79 Å². The number of anilines is 2. The molecular formula is C15H14F2N2OS. The van der Waals surface area contributed by atoms with Crippen molar-refractivity contribution in [3.05, 3.63) is 53.6 Å². The number of aryl methyl sites for hydroxylation is 1. The summed E-state index contributed by atoms with van der Waals surface area (Å²) >= 11 is 1.31. The van der Waals surface area contributed by atoms with Crippen LogP contribution in [0.25, 0.3) is 0 Å². The molecular weight excluding hydrogens is 294 g/mol. The average molecular weight is 308 g/mol. The lowest BCUT2D eigenvalue weighted by Crippen LogP contribution is -2.15. The van der Waals surface area contributed by atoms with Crippen LogP contribution in [0.15, 0.2) is 41.3 Å². The third-order valence-corrected chi connectivity index (χ3v) is 3.94. The maximum Gasteiger partial charge on any atom is 0.234 e. The Morgan fingerprint density at radius 2 is 2.00 bits per heavy atom. The Labute approximate surface area is 125 Å². The number of nitrogens with two attached hydrogens (primary N) is 1. The molecule has 2 aromatic carbocycles. The Balaban J connectivity index is 1.97. The molecule has 0 aliphatic carbocycles. The highest BCUT2D eigenvalue weighted by Crippen LogP contribution is 2.24. The zero-order valence-corrected chi connectivity index (χ0v) is 12.1. The molecule has 6 heteroatoms. The second-order valence-corrected chi connectivity index (χ2v) is 5.50. The Morgan fingerprint density at radius 3 is 2.71 bits per heavy atom. The molecule has 0 unspecified atom stereocenters. The third-order valence-electron chi connectivity index (χ3n) is 2.76. The number of carbonyl (C=O) groups excluding carboxylic acids is 1. The van der Waals surface area contributed by atoms with Crippen molar-refractivity contribution in [3.63, 3.8) is 0 Å². The fraction of sp³-hybridized carbons (Fsp3) is 0.133. The van der Waals surface area contributed by atoms with Crippen LogP contribution in [0.1, 0.15) is 5.56 Å². The van der Waals surface area contributed by atoms with Crippen LogP contribution in [-0.4, -0.2) is 11.7 Å². The topological polar surface area (TPSA) is 55.1 Å². The minimum absolute atomic E-state index is 0.0979. The highest BCUT2D eigenvalue weighted by atomic mass is 32.2. The van der Waals surface area contributed by atoms with Crippen molar-refractivity contribution in [2.24, 2.45) is 0 Å². The first-order chi connectivity index (χ1) is 9.95. The van der Waals surface area contributed by atoms with Gasteiger partial charge in [-0.3, -0.25) is 4.79 Å². The van der Waals surface area contributed by atoms with E-state index in [0.29, 0.717) is 5.69 Å². The number of rotatable bonds is 4. The van der Waals surface area contributed by atoms with E-state index in [1.165, 1.54) is 11.8 Å². The number of nitrogens with one attached hydrogen (secondary N) is 1. The maximum absolute atomic E-state index is 13.4. The molecule has 0 saturated heterocycles. The number of benzene rings is 2. The molecule has 21 heavy (non-hydrogen) atoms. The van der Waals surface area contributed by atoms with Gasteiger partial charge in [-0.15, -0.1) is 11.8 Å². The van der Waals surface area contributed by atoms with Gasteiger partial charge in [0, 0.05) is 16.6 Å². The summed E-state index contributed by atoms with van der Waals surface area (Å²) in [6, 6.07) is 8.31. The Hall–Kier alpha value is -2.08. The lowest BCUT2D eigenvalue weighted by Gasteiger charge is -2.08. The molecule has 110 valence electrons. The number of halogens is 2. The van der Waals surface area contributed by atoms with Crippen molar-refractivity contribution < 1.29 is 13.6 Å². The number of hydrogen-bond acceptors (Lipinski definition) is 3. The van der Waals surface area contributed by atoms with Gasteiger partial charge in [0.15, 0.2) is 0 Å². The predicted octanol–water partition coefficient (Wildman–Crippen LogP) is 3.59. The molecule has 0 bridgehead atoms. The number of carbonyl (C=O) groups is 1. The van der Waals surface area contributed by atoms with Gasteiger partial charge in [0.2, 0.25) is 5.91 Å². The van der Waals surface area contributed by atoms with Crippen LogP contribution in [0.4, 0.5) is 20.2 Å². The smallest absolute Gasteiger partial charge is 0.234 e. The minimum atomic E-state index is -0.668. The van der Waals surface area contributed by atoms with Gasteiger partial charge in [0.05, 0.1) is 11.4 Å². The van der Waals surface area contributed by atoms with Crippen molar-refractivity contribution in [2.45, 2.75) is 11.8 Å². The van der Waals surface area contributed by atoms with Gasteiger partial charge in [-0.05, 0) is 42.8 Å². The molecule has 2 aromatic rings. The highest BCUT2D eigenvalue weighted by Gasteiger charge is 2.09. The van der Waals surface area contributed by atoms with Gasteiger partial charge in [-0.2, -0.15) is 0 Å². The Kier molecular flexibility index (Phi) is 4.80. The number of amides is 1. The van der Waals surface area contributed by atoms with E-state index in [4.69, 9.17) is 5.73 Å². The van der Waals surface area contributed by atoms with E-state index in [2.05, 4.69) is 5.32 Å². The zero-order valence-electron chi connectivity index (χ0n) is 11.3. The quantitative estimate of drug-likeness (QED) is 0.670. The van der Waals surface area contributed by atoms with E-state index in [0.717, 1.165) is 28.7 Å². The molecule has 0 aromatic heterocycles. The number of nitrogen functional groups attached to an aromatic ring is 1. The largest absolute Gasteiger partial charge is 0.399 e. The summed E-state index contributed by atoms with van der Waals surface area (Å²) in [6.07, 6.45) is 0. The van der Waals surface area contributed by atoms with Crippen molar-refractivity contribution in [1.29, 1.82) is 0 Å². The summed E-state index contributed by atoms with van der Waals surface area (Å²) < 4.78 is 26.4. The molecule has 3 N–H and O–H groups in total. The van der Waals surface area contributed by atoms with Gasteiger partial charge in [0.1, 0.15) is 11.6 Å². The molecule has 0 saturated carbocycles. The van der Waals surface area contributed by atoms with Crippen LogP contribution in [0.3, 0.4) is 0 Å². The molecule has 0 spiro atoms. The van der Waals surface area contributed by atoms with E-state index >= 15 is 0 Å². The standard InChI is InChI=1S/C15H14F2N2OS/c1-9-6-11(18)3-5-14(9)21-8-15(20)19-13-7-10(16)2-4-12(13)17/h2-7H,8,18H2,1H3,(H,19,20). The molecule has 0 fully saturated rings. The Morgan fingerprint density at radius 1 is 1.24 bits per heavy atom. The van der Waals surface area contributed by atoms with Gasteiger partial charge in [-0.1, -0.05) is 0 Å². The summed E-state index contributed by atoms with van der Waals surface area (Å²) in [4.78, 5) is 12.7. The van der Waals surface area contributed by atoms with Crippen molar-refractivity contribution in [1.82, 2.24) is 0 Å². The third kappa shape index (κ3) is 4.19. The lowest BCUT2D eigenvalue weighted by atomic mass is 10.2. The summed E-state index contributed by atoms with van der Waals surface area (Å²) in [5, 5.41) is 2.35. The summed E-state index contributed by atoms with van der Waals surface area (Å²) in [5.74, 6) is -1.58. The SMILES string of the molecule is Cc1cc(N)ccc1SCC(=O)Nc1cc(F)ccc1F. The highest BCUT2D eigenvalue weighted by molar-refractivity contribution is 8.00. The first-order valence-corrected chi connectivity index (χ1v) is 7.18. The molecule has 2 rings (SSSR count).